The molecule has 1 aromatic carbocycles. The minimum absolute atomic E-state index is 0. The van der Waals surface area contributed by atoms with Crippen molar-refractivity contribution in [3.8, 4) is 0 Å². The fourth-order valence-corrected chi connectivity index (χ4v) is 2.20. The molecule has 0 aliphatic carbocycles. The molecule has 0 saturated heterocycles. The Kier molecular flexibility index (Phi) is 14.5. The third-order valence-electron chi connectivity index (χ3n) is 3.58. The van der Waals surface area contributed by atoms with Crippen LogP contribution in [0.5, 0.6) is 0 Å². The number of hydrogen-bond acceptors (Lipinski definition) is 3. The molecule has 0 fully saturated rings. The van der Waals surface area contributed by atoms with E-state index in [4.69, 9.17) is 0 Å². The summed E-state index contributed by atoms with van der Waals surface area (Å²) in [5.74, 6) is -0.00402. The molecular weight excluding hydrogens is 333 g/mol. The average molecular weight is 364 g/mol. The van der Waals surface area contributed by atoms with Crippen molar-refractivity contribution in [1.29, 1.82) is 0 Å². The first-order valence-corrected chi connectivity index (χ1v) is 7.90. The molecule has 1 amide bonds. The molecule has 2 N–H and O–H groups in total. The van der Waals surface area contributed by atoms with Gasteiger partial charge in [-0.15, -0.1) is 24.8 Å². The Balaban J connectivity index is 0. The van der Waals surface area contributed by atoms with Gasteiger partial charge in [-0.1, -0.05) is 26.0 Å². The zero-order valence-electron chi connectivity index (χ0n) is 14.6. The van der Waals surface area contributed by atoms with Crippen LogP contribution in [-0.4, -0.2) is 43.0 Å². The summed E-state index contributed by atoms with van der Waals surface area (Å²) in [7, 11) is 0. The largest absolute Gasteiger partial charge is 0.351 e. The van der Waals surface area contributed by atoms with E-state index >= 15 is 0 Å². The Bertz CT molecular complexity index is 424. The van der Waals surface area contributed by atoms with Crippen molar-refractivity contribution < 1.29 is 4.79 Å². The lowest BCUT2D eigenvalue weighted by molar-refractivity contribution is 0.0954. The predicted molar refractivity (Wildman–Crippen MR) is 103 cm³/mol. The molecule has 0 spiro atoms. The number of nitrogens with zero attached hydrogens (tertiary/aromatic N) is 1. The van der Waals surface area contributed by atoms with Crippen LogP contribution in [0.25, 0.3) is 0 Å². The van der Waals surface area contributed by atoms with Gasteiger partial charge in [-0.05, 0) is 44.6 Å². The van der Waals surface area contributed by atoms with Crippen molar-refractivity contribution in [2.24, 2.45) is 0 Å². The number of carbonyl (C=O) groups is 1. The van der Waals surface area contributed by atoms with Crippen LogP contribution in [0, 0.1) is 0 Å². The second-order valence-electron chi connectivity index (χ2n) is 5.46. The van der Waals surface area contributed by atoms with E-state index in [0.717, 1.165) is 31.7 Å². The van der Waals surface area contributed by atoms with Gasteiger partial charge in [-0.3, -0.25) is 9.69 Å². The van der Waals surface area contributed by atoms with Crippen molar-refractivity contribution in [1.82, 2.24) is 15.5 Å². The Morgan fingerprint density at radius 3 is 2.17 bits per heavy atom. The van der Waals surface area contributed by atoms with Gasteiger partial charge >= 0.3 is 0 Å². The predicted octanol–water partition coefficient (Wildman–Crippen LogP) is 3.10. The van der Waals surface area contributed by atoms with Crippen molar-refractivity contribution in [3.05, 3.63) is 35.4 Å². The summed E-state index contributed by atoms with van der Waals surface area (Å²) >= 11 is 0. The van der Waals surface area contributed by atoms with Crippen LogP contribution in [0.3, 0.4) is 0 Å². The van der Waals surface area contributed by atoms with E-state index < -0.39 is 0 Å². The molecule has 0 unspecified atom stereocenters. The van der Waals surface area contributed by atoms with Crippen molar-refractivity contribution in [3.63, 3.8) is 0 Å². The molecule has 0 bridgehead atoms. The highest BCUT2D eigenvalue weighted by atomic mass is 35.5. The standard InChI is InChI=1S/C17H29N3O.2ClH/c1-5-18-11-12-19-17(21)16-9-7-15(8-10-16)13-20(6-2)14(3)4;;/h7-10,14,18H,5-6,11-13H2,1-4H3,(H,19,21);2*1H. The summed E-state index contributed by atoms with van der Waals surface area (Å²) < 4.78 is 0. The molecule has 0 atom stereocenters. The number of hydrogen-bond donors (Lipinski definition) is 2. The normalized spacial score (nSPS) is 10.2. The van der Waals surface area contributed by atoms with Crippen LogP contribution in [0.2, 0.25) is 0 Å². The SMILES string of the molecule is CCNCCNC(=O)c1ccc(CN(CC)C(C)C)cc1.Cl.Cl. The number of nitrogens with one attached hydrogen (secondary N) is 2. The molecule has 134 valence electrons. The van der Waals surface area contributed by atoms with E-state index in [0.29, 0.717) is 12.6 Å². The Labute approximate surface area is 153 Å². The molecule has 0 aliphatic heterocycles. The van der Waals surface area contributed by atoms with Gasteiger partial charge in [0.25, 0.3) is 5.91 Å². The first-order valence-electron chi connectivity index (χ1n) is 7.90. The smallest absolute Gasteiger partial charge is 0.251 e. The van der Waals surface area contributed by atoms with Crippen LogP contribution in [0.4, 0.5) is 0 Å². The van der Waals surface area contributed by atoms with Gasteiger partial charge in [0.05, 0.1) is 0 Å². The first kappa shape index (κ1) is 24.4. The molecule has 23 heavy (non-hydrogen) atoms. The number of rotatable bonds is 9. The van der Waals surface area contributed by atoms with Crippen LogP contribution >= 0.6 is 24.8 Å². The number of carbonyl (C=O) groups excluding carboxylic acids is 1. The third-order valence-corrected chi connectivity index (χ3v) is 3.58. The summed E-state index contributed by atoms with van der Waals surface area (Å²) in [6.45, 7) is 13.0. The van der Waals surface area contributed by atoms with Crippen LogP contribution in [0.15, 0.2) is 24.3 Å². The number of benzene rings is 1. The fourth-order valence-electron chi connectivity index (χ4n) is 2.20. The van der Waals surface area contributed by atoms with Gasteiger partial charge in [0, 0.05) is 31.2 Å². The Morgan fingerprint density at radius 2 is 1.70 bits per heavy atom. The molecule has 0 aliphatic rings. The lowest BCUT2D eigenvalue weighted by Gasteiger charge is -2.24. The molecule has 1 aromatic rings. The van der Waals surface area contributed by atoms with Gasteiger partial charge in [0.1, 0.15) is 0 Å². The first-order chi connectivity index (χ1) is 10.1. The summed E-state index contributed by atoms with van der Waals surface area (Å²) in [4.78, 5) is 14.4. The third kappa shape index (κ3) is 9.16. The van der Waals surface area contributed by atoms with E-state index in [1.165, 1.54) is 5.56 Å². The summed E-state index contributed by atoms with van der Waals surface area (Å²) in [6, 6.07) is 8.44. The highest BCUT2D eigenvalue weighted by Crippen LogP contribution is 2.10. The number of likely N-dealkylation sites (N-methyl/N-ethyl adjacent to an activating group) is 1. The molecule has 0 aromatic heterocycles. The molecule has 0 saturated carbocycles. The quantitative estimate of drug-likeness (QED) is 0.662. The number of amides is 1. The summed E-state index contributed by atoms with van der Waals surface area (Å²) in [6.07, 6.45) is 0. The van der Waals surface area contributed by atoms with E-state index in [1.807, 2.05) is 24.3 Å². The Hall–Kier alpha value is -0.810. The maximum absolute atomic E-state index is 12.0. The topological polar surface area (TPSA) is 44.4 Å². The zero-order valence-corrected chi connectivity index (χ0v) is 16.2. The van der Waals surface area contributed by atoms with Crippen LogP contribution in [0.1, 0.15) is 43.6 Å². The van der Waals surface area contributed by atoms with Gasteiger partial charge in [0.2, 0.25) is 0 Å². The van der Waals surface area contributed by atoms with Gasteiger partial charge < -0.3 is 10.6 Å². The second-order valence-corrected chi connectivity index (χ2v) is 5.46. The van der Waals surface area contributed by atoms with Gasteiger partial charge in [-0.25, -0.2) is 0 Å². The van der Waals surface area contributed by atoms with E-state index in [2.05, 4.69) is 43.2 Å². The van der Waals surface area contributed by atoms with Crippen LogP contribution < -0.4 is 10.6 Å². The maximum atomic E-state index is 12.0. The lowest BCUT2D eigenvalue weighted by atomic mass is 10.1. The van der Waals surface area contributed by atoms with Crippen molar-refractivity contribution in [2.75, 3.05) is 26.2 Å². The second kappa shape index (κ2) is 13.6. The molecule has 1 rings (SSSR count). The van der Waals surface area contributed by atoms with E-state index in [9.17, 15) is 4.79 Å². The zero-order chi connectivity index (χ0) is 15.7. The molecule has 0 radical (unpaired) electrons. The van der Waals surface area contributed by atoms with Crippen LogP contribution in [-0.2, 0) is 6.54 Å². The number of halogens is 2. The maximum Gasteiger partial charge on any atom is 0.251 e. The highest BCUT2D eigenvalue weighted by molar-refractivity contribution is 5.94. The molecular formula is C17H31Cl2N3O. The van der Waals surface area contributed by atoms with Gasteiger partial charge in [0.15, 0.2) is 0 Å². The molecule has 6 heteroatoms. The highest BCUT2D eigenvalue weighted by Gasteiger charge is 2.09. The molecule has 4 nitrogen and oxygen atoms in total. The fraction of sp³-hybridized carbons (Fsp3) is 0.588. The minimum Gasteiger partial charge on any atom is -0.351 e. The van der Waals surface area contributed by atoms with Gasteiger partial charge in [-0.2, -0.15) is 0 Å². The lowest BCUT2D eigenvalue weighted by Crippen LogP contribution is -2.31. The minimum atomic E-state index is -0.00402. The summed E-state index contributed by atoms with van der Waals surface area (Å²) in [5.41, 5.74) is 1.97. The monoisotopic (exact) mass is 363 g/mol. The Morgan fingerprint density at radius 1 is 1.09 bits per heavy atom. The van der Waals surface area contributed by atoms with E-state index in [1.54, 1.807) is 0 Å². The van der Waals surface area contributed by atoms with Crippen molar-refractivity contribution >= 4 is 30.7 Å². The summed E-state index contributed by atoms with van der Waals surface area (Å²) in [5, 5.41) is 6.09. The molecule has 0 heterocycles. The van der Waals surface area contributed by atoms with E-state index in [-0.39, 0.29) is 30.7 Å². The van der Waals surface area contributed by atoms with Crippen molar-refractivity contribution in [2.45, 2.75) is 40.3 Å². The average Bonchev–Trinajstić information content (AvgIpc) is 2.49.